The van der Waals surface area contributed by atoms with Crippen LogP contribution in [0, 0.1) is 0 Å². The van der Waals surface area contributed by atoms with Crippen LogP contribution in [0.1, 0.15) is 20.7 Å². The molecule has 106 valence electrons. The molecule has 0 fully saturated rings. The van der Waals surface area contributed by atoms with Crippen LogP contribution in [0.4, 0.5) is 0 Å². The lowest BCUT2D eigenvalue weighted by molar-refractivity contribution is 0.0995. The van der Waals surface area contributed by atoms with E-state index >= 15 is 0 Å². The van der Waals surface area contributed by atoms with Gasteiger partial charge in [-0.3, -0.25) is 9.59 Å². The van der Waals surface area contributed by atoms with Crippen molar-refractivity contribution >= 4 is 44.9 Å². The molecule has 0 radical (unpaired) electrons. The Morgan fingerprint density at radius 2 is 1.59 bits per heavy atom. The van der Waals surface area contributed by atoms with Gasteiger partial charge in [-0.2, -0.15) is 0 Å². The first-order chi connectivity index (χ1) is 10.6. The first kappa shape index (κ1) is 13.0. The van der Waals surface area contributed by atoms with Gasteiger partial charge in [0.1, 0.15) is 5.58 Å². The van der Waals surface area contributed by atoms with Gasteiger partial charge in [0, 0.05) is 33.0 Å². The van der Waals surface area contributed by atoms with Gasteiger partial charge in [-0.1, -0.05) is 17.7 Å². The summed E-state index contributed by atoms with van der Waals surface area (Å²) in [5.74, 6) is -0.673. The fraction of sp³-hybridized carbons (Fsp3) is 0. The molecule has 4 nitrogen and oxygen atoms in total. The Morgan fingerprint density at radius 1 is 0.864 bits per heavy atom. The molecule has 0 bridgehead atoms. The summed E-state index contributed by atoms with van der Waals surface area (Å²) < 4.78 is 5.28. The molecule has 0 aliphatic heterocycles. The molecule has 1 aliphatic carbocycles. The van der Waals surface area contributed by atoms with Gasteiger partial charge < -0.3 is 4.42 Å². The third-order valence-corrected chi connectivity index (χ3v) is 3.98. The number of carbonyl (C=O) groups is 2. The number of hydrogen-bond acceptors (Lipinski definition) is 4. The highest BCUT2D eigenvalue weighted by molar-refractivity contribution is 6.32. The molecule has 0 amide bonds. The van der Waals surface area contributed by atoms with Gasteiger partial charge >= 0.3 is 5.63 Å². The van der Waals surface area contributed by atoms with Crippen molar-refractivity contribution < 1.29 is 14.0 Å². The van der Waals surface area contributed by atoms with Crippen LogP contribution in [0.25, 0.3) is 21.7 Å². The summed E-state index contributed by atoms with van der Waals surface area (Å²) in [5, 5.41) is 1.81. The fourth-order valence-corrected chi connectivity index (χ4v) is 2.94. The molecule has 1 aromatic heterocycles. The Kier molecular flexibility index (Phi) is 2.59. The van der Waals surface area contributed by atoms with E-state index in [9.17, 15) is 14.4 Å². The minimum Gasteiger partial charge on any atom is -0.422 e. The number of carbonyl (C=O) groups excluding carboxylic acids is 2. The number of halogens is 1. The lowest BCUT2D eigenvalue weighted by atomic mass is 9.90. The zero-order valence-corrected chi connectivity index (χ0v) is 11.8. The summed E-state index contributed by atoms with van der Waals surface area (Å²) in [6, 6.07) is 8.17. The van der Waals surface area contributed by atoms with Crippen molar-refractivity contribution in [3.05, 3.63) is 69.1 Å². The van der Waals surface area contributed by atoms with Crippen molar-refractivity contribution in [1.82, 2.24) is 0 Å². The Balaban J connectivity index is 2.27. The molecule has 1 aliphatic rings. The number of allylic oxidation sites excluding steroid dienone is 2. The number of fused-ring (bicyclic) bond motifs is 5. The zero-order valence-electron chi connectivity index (χ0n) is 11.1. The summed E-state index contributed by atoms with van der Waals surface area (Å²) in [5.41, 5.74) is 0.0179. The predicted octanol–water partition coefficient (Wildman–Crippen LogP) is 3.53. The van der Waals surface area contributed by atoms with Gasteiger partial charge in [0.05, 0.1) is 5.39 Å². The summed E-state index contributed by atoms with van der Waals surface area (Å²) in [6.07, 6.45) is 2.38. The van der Waals surface area contributed by atoms with Crippen molar-refractivity contribution in [3.63, 3.8) is 0 Å². The molecule has 0 saturated carbocycles. The molecule has 2 aromatic carbocycles. The normalized spacial score (nSPS) is 13.9. The monoisotopic (exact) mass is 310 g/mol. The van der Waals surface area contributed by atoms with Crippen LogP contribution in [-0.2, 0) is 0 Å². The topological polar surface area (TPSA) is 64.3 Å². The molecule has 22 heavy (non-hydrogen) atoms. The molecule has 0 saturated heterocycles. The van der Waals surface area contributed by atoms with Crippen molar-refractivity contribution in [2.75, 3.05) is 0 Å². The maximum atomic E-state index is 12.3. The second kappa shape index (κ2) is 4.39. The van der Waals surface area contributed by atoms with E-state index in [1.54, 1.807) is 30.3 Å². The van der Waals surface area contributed by atoms with Crippen molar-refractivity contribution in [2.45, 2.75) is 0 Å². The standard InChI is InChI=1S/C17H7ClO4/c18-8-1-2-9-10-3-4-11-12(19)5-6-13(20)15(11)16(10)17(21)22-14(9)7-8/h1-7H. The molecule has 1 heterocycles. The average Bonchev–Trinajstić information content (AvgIpc) is 2.50. The number of ketones is 2. The largest absolute Gasteiger partial charge is 0.422 e. The Labute approximate surface area is 128 Å². The second-order valence-electron chi connectivity index (χ2n) is 5.00. The maximum Gasteiger partial charge on any atom is 0.344 e. The lowest BCUT2D eigenvalue weighted by Crippen LogP contribution is -2.16. The van der Waals surface area contributed by atoms with Gasteiger partial charge in [0.15, 0.2) is 11.6 Å². The summed E-state index contributed by atoms with van der Waals surface area (Å²) in [4.78, 5) is 36.4. The van der Waals surface area contributed by atoms with E-state index in [-0.39, 0.29) is 28.1 Å². The Hall–Kier alpha value is -2.72. The van der Waals surface area contributed by atoms with Crippen LogP contribution >= 0.6 is 11.6 Å². The van der Waals surface area contributed by atoms with E-state index < -0.39 is 5.63 Å². The molecule has 0 unspecified atom stereocenters. The lowest BCUT2D eigenvalue weighted by Gasteiger charge is -2.12. The molecule has 3 aromatic rings. The van der Waals surface area contributed by atoms with Crippen molar-refractivity contribution in [1.29, 1.82) is 0 Å². The highest BCUT2D eigenvalue weighted by Gasteiger charge is 2.24. The third kappa shape index (κ3) is 1.68. The predicted molar refractivity (Wildman–Crippen MR) is 82.8 cm³/mol. The first-order valence-corrected chi connectivity index (χ1v) is 6.90. The maximum absolute atomic E-state index is 12.3. The first-order valence-electron chi connectivity index (χ1n) is 6.52. The van der Waals surface area contributed by atoms with E-state index in [2.05, 4.69) is 0 Å². The molecule has 0 atom stereocenters. The molecular formula is C17H7ClO4. The third-order valence-electron chi connectivity index (χ3n) is 3.74. The van der Waals surface area contributed by atoms with E-state index in [0.717, 1.165) is 0 Å². The molecular weight excluding hydrogens is 304 g/mol. The zero-order chi connectivity index (χ0) is 15.4. The fourth-order valence-electron chi connectivity index (χ4n) is 2.78. The van der Waals surface area contributed by atoms with Crippen LogP contribution in [0.5, 0.6) is 0 Å². The SMILES string of the molecule is O=C1C=CC(=O)c2c1ccc1c2c(=O)oc2cc(Cl)ccc21. The Bertz CT molecular complexity index is 1090. The Morgan fingerprint density at radius 3 is 2.41 bits per heavy atom. The van der Waals surface area contributed by atoms with E-state index in [4.69, 9.17) is 16.0 Å². The smallest absolute Gasteiger partial charge is 0.344 e. The van der Waals surface area contributed by atoms with Gasteiger partial charge in [-0.05, 0) is 30.4 Å². The average molecular weight is 311 g/mol. The molecule has 5 heteroatoms. The number of benzene rings is 2. The van der Waals surface area contributed by atoms with Crippen molar-refractivity contribution in [2.24, 2.45) is 0 Å². The van der Waals surface area contributed by atoms with Crippen LogP contribution in [0.15, 0.2) is 51.7 Å². The quantitative estimate of drug-likeness (QED) is 0.470. The van der Waals surface area contributed by atoms with E-state index in [1.807, 2.05) is 0 Å². The minimum absolute atomic E-state index is 0.107. The second-order valence-corrected chi connectivity index (χ2v) is 5.44. The highest BCUT2D eigenvalue weighted by atomic mass is 35.5. The summed E-state index contributed by atoms with van der Waals surface area (Å²) in [6.45, 7) is 0. The number of rotatable bonds is 0. The summed E-state index contributed by atoms with van der Waals surface area (Å²) in [7, 11) is 0. The van der Waals surface area contributed by atoms with Crippen LogP contribution in [0.3, 0.4) is 0 Å². The molecule has 0 spiro atoms. The molecule has 0 N–H and O–H groups in total. The van der Waals surface area contributed by atoms with Crippen LogP contribution < -0.4 is 5.63 Å². The van der Waals surface area contributed by atoms with E-state index in [1.165, 1.54) is 12.2 Å². The van der Waals surface area contributed by atoms with Crippen LogP contribution in [0.2, 0.25) is 5.02 Å². The highest BCUT2D eigenvalue weighted by Crippen LogP contribution is 2.30. The van der Waals surface area contributed by atoms with Gasteiger partial charge in [0.25, 0.3) is 0 Å². The van der Waals surface area contributed by atoms with Gasteiger partial charge in [0.2, 0.25) is 0 Å². The minimum atomic E-state index is -0.655. The van der Waals surface area contributed by atoms with E-state index in [0.29, 0.717) is 21.4 Å². The summed E-state index contributed by atoms with van der Waals surface area (Å²) >= 11 is 5.91. The number of hydrogen-bond donors (Lipinski definition) is 0. The van der Waals surface area contributed by atoms with Crippen molar-refractivity contribution in [3.8, 4) is 0 Å². The van der Waals surface area contributed by atoms with Gasteiger partial charge in [-0.15, -0.1) is 0 Å². The van der Waals surface area contributed by atoms with Gasteiger partial charge in [-0.25, -0.2) is 4.79 Å². The van der Waals surface area contributed by atoms with Crippen LogP contribution in [-0.4, -0.2) is 11.6 Å². The molecule has 4 rings (SSSR count).